The van der Waals surface area contributed by atoms with E-state index >= 15 is 0 Å². The number of carbonyl (C=O) groups excluding carboxylic acids is 3. The molecule has 2 bridgehead atoms. The molecule has 7 heteroatoms. The van der Waals surface area contributed by atoms with Crippen LogP contribution in [0.2, 0.25) is 0 Å². The normalized spacial score (nSPS) is 26.6. The first kappa shape index (κ1) is 20.7. The molecule has 6 rings (SSSR count). The largest absolute Gasteiger partial charge is 0.464 e. The van der Waals surface area contributed by atoms with Gasteiger partial charge >= 0.3 is 5.97 Å². The third-order valence-electron chi connectivity index (χ3n) is 6.95. The van der Waals surface area contributed by atoms with Crippen LogP contribution in [0.4, 0.5) is 0 Å². The number of fused-ring (bicyclic) bond motifs is 8. The lowest BCUT2D eigenvalue weighted by Crippen LogP contribution is -2.37. The van der Waals surface area contributed by atoms with E-state index in [1.54, 1.807) is 11.8 Å². The fourth-order valence-electron chi connectivity index (χ4n) is 5.46. The first-order valence-electron chi connectivity index (χ1n) is 11.3. The topological polar surface area (TPSA) is 72.9 Å². The van der Waals surface area contributed by atoms with Gasteiger partial charge in [0.05, 0.1) is 42.3 Å². The lowest BCUT2D eigenvalue weighted by Gasteiger charge is -2.17. The first-order valence-corrected chi connectivity index (χ1v) is 12.3. The van der Waals surface area contributed by atoms with Gasteiger partial charge in [-0.1, -0.05) is 60.7 Å². The molecule has 2 saturated heterocycles. The number of ether oxygens (including phenoxy) is 2. The van der Waals surface area contributed by atoms with Crippen LogP contribution in [0.15, 0.2) is 60.7 Å². The molecule has 2 aromatic rings. The van der Waals surface area contributed by atoms with Crippen molar-refractivity contribution in [1.29, 1.82) is 0 Å². The van der Waals surface area contributed by atoms with Crippen molar-refractivity contribution in [3.63, 3.8) is 0 Å². The highest BCUT2D eigenvalue weighted by Gasteiger charge is 2.60. The molecular weight excluding hydrogens is 438 g/mol. The number of likely N-dealkylation sites (tertiary alicyclic amines) is 1. The summed E-state index contributed by atoms with van der Waals surface area (Å²) in [6.45, 7) is 0.130. The maximum Gasteiger partial charge on any atom is 0.306 e. The molecule has 4 aliphatic rings. The van der Waals surface area contributed by atoms with Crippen LogP contribution in [-0.2, 0) is 23.9 Å². The summed E-state index contributed by atoms with van der Waals surface area (Å²) < 4.78 is 11.0. The monoisotopic (exact) mass is 461 g/mol. The number of imide groups is 1. The van der Waals surface area contributed by atoms with E-state index in [-0.39, 0.29) is 54.8 Å². The fraction of sp³-hybridized carbons (Fsp3) is 0.346. The second kappa shape index (κ2) is 8.15. The predicted molar refractivity (Wildman–Crippen MR) is 123 cm³/mol. The fourth-order valence-corrected chi connectivity index (χ4v) is 6.75. The average Bonchev–Trinajstić information content (AvgIpc) is 3.58. The van der Waals surface area contributed by atoms with Gasteiger partial charge in [0.1, 0.15) is 6.61 Å². The molecule has 0 spiro atoms. The second-order valence-electron chi connectivity index (χ2n) is 8.73. The highest BCUT2D eigenvalue weighted by molar-refractivity contribution is 7.99. The number of thioether (sulfide) groups is 1. The van der Waals surface area contributed by atoms with Gasteiger partial charge in [-0.3, -0.25) is 19.3 Å². The van der Waals surface area contributed by atoms with Crippen molar-refractivity contribution in [2.45, 2.75) is 23.9 Å². The molecule has 33 heavy (non-hydrogen) atoms. The van der Waals surface area contributed by atoms with Gasteiger partial charge in [-0.25, -0.2) is 0 Å². The molecule has 3 heterocycles. The minimum absolute atomic E-state index is 0.0269. The standard InChI is InChI=1S/C26H23NO5S/c28-21(31-13-12-27-25(29)22-19-9-10-20(32-19)23(22)26(27)30)11-14-33-24-17-7-3-1-5-15(17)16-6-2-4-8-18(16)24/h1-10,19-20,22-24H,11-14H2/t19?,20?,22-,23+. The smallest absolute Gasteiger partial charge is 0.306 e. The van der Waals surface area contributed by atoms with Gasteiger partial charge < -0.3 is 9.47 Å². The van der Waals surface area contributed by atoms with E-state index < -0.39 is 11.8 Å². The highest BCUT2D eigenvalue weighted by atomic mass is 32.2. The SMILES string of the molecule is O=C(CCSC1c2ccccc2-c2ccccc21)OCCN1C(=O)[C@@H]2C3C=CC(O3)[C@@H]2C1=O. The van der Waals surface area contributed by atoms with Gasteiger partial charge in [0, 0.05) is 5.75 Å². The number of hydrogen-bond acceptors (Lipinski definition) is 6. The number of nitrogens with zero attached hydrogens (tertiary/aromatic N) is 1. The average molecular weight is 462 g/mol. The Kier molecular flexibility index (Phi) is 5.11. The molecule has 6 nitrogen and oxygen atoms in total. The molecule has 2 aromatic carbocycles. The van der Waals surface area contributed by atoms with Crippen molar-refractivity contribution >= 4 is 29.5 Å². The molecule has 1 aliphatic carbocycles. The number of benzene rings is 2. The number of esters is 1. The summed E-state index contributed by atoms with van der Waals surface area (Å²) in [4.78, 5) is 38.8. The third kappa shape index (κ3) is 3.33. The molecule has 2 unspecified atom stereocenters. The molecule has 168 valence electrons. The zero-order valence-corrected chi connectivity index (χ0v) is 18.7. The zero-order chi connectivity index (χ0) is 22.5. The van der Waals surface area contributed by atoms with Gasteiger partial charge in [-0.05, 0) is 22.3 Å². The first-order chi connectivity index (χ1) is 16.1. The Morgan fingerprint density at radius 3 is 2.09 bits per heavy atom. The molecule has 4 atom stereocenters. The molecule has 0 aromatic heterocycles. The summed E-state index contributed by atoms with van der Waals surface area (Å²) in [5.74, 6) is -0.955. The van der Waals surface area contributed by atoms with E-state index in [0.717, 1.165) is 0 Å². The highest BCUT2D eigenvalue weighted by Crippen LogP contribution is 2.50. The maximum absolute atomic E-state index is 12.6. The number of hydrogen-bond donors (Lipinski definition) is 0. The van der Waals surface area contributed by atoms with E-state index in [1.165, 1.54) is 27.2 Å². The number of amides is 2. The van der Waals surface area contributed by atoms with Gasteiger partial charge in [-0.15, -0.1) is 11.8 Å². The number of carbonyl (C=O) groups is 3. The molecule has 0 N–H and O–H groups in total. The summed E-state index contributed by atoms with van der Waals surface area (Å²) in [7, 11) is 0. The van der Waals surface area contributed by atoms with Gasteiger partial charge in [0.15, 0.2) is 0 Å². The van der Waals surface area contributed by atoms with E-state index in [9.17, 15) is 14.4 Å². The Bertz CT molecular complexity index is 1100. The maximum atomic E-state index is 12.6. The van der Waals surface area contributed by atoms with Crippen molar-refractivity contribution in [1.82, 2.24) is 4.90 Å². The van der Waals surface area contributed by atoms with Crippen molar-refractivity contribution < 1.29 is 23.9 Å². The van der Waals surface area contributed by atoms with Gasteiger partial charge in [0.2, 0.25) is 11.8 Å². The quantitative estimate of drug-likeness (QED) is 0.358. The zero-order valence-electron chi connectivity index (χ0n) is 17.9. The Labute approximate surface area is 195 Å². The predicted octanol–water partition coefficient (Wildman–Crippen LogP) is 3.36. The van der Waals surface area contributed by atoms with Crippen molar-refractivity contribution in [3.05, 3.63) is 71.8 Å². The molecule has 0 saturated carbocycles. The Hall–Kier alpha value is -2.90. The van der Waals surface area contributed by atoms with Crippen LogP contribution in [0.1, 0.15) is 22.8 Å². The van der Waals surface area contributed by atoms with Crippen LogP contribution in [-0.4, -0.2) is 53.8 Å². The van der Waals surface area contributed by atoms with Crippen molar-refractivity contribution in [3.8, 4) is 11.1 Å². The Morgan fingerprint density at radius 1 is 0.909 bits per heavy atom. The summed E-state index contributed by atoms with van der Waals surface area (Å²) in [5.41, 5.74) is 5.07. The second-order valence-corrected chi connectivity index (χ2v) is 9.94. The summed E-state index contributed by atoms with van der Waals surface area (Å²) in [6, 6.07) is 16.8. The van der Waals surface area contributed by atoms with E-state index in [1.807, 2.05) is 12.2 Å². The number of rotatable bonds is 7. The van der Waals surface area contributed by atoms with E-state index in [2.05, 4.69) is 48.5 Å². The van der Waals surface area contributed by atoms with Crippen LogP contribution < -0.4 is 0 Å². The van der Waals surface area contributed by atoms with Crippen LogP contribution in [0.3, 0.4) is 0 Å². The Balaban J connectivity index is 0.998. The van der Waals surface area contributed by atoms with Gasteiger partial charge in [-0.2, -0.15) is 0 Å². The van der Waals surface area contributed by atoms with Crippen LogP contribution >= 0.6 is 11.8 Å². The molecule has 3 aliphatic heterocycles. The summed E-state index contributed by atoms with van der Waals surface area (Å²) >= 11 is 1.74. The molecule has 2 amide bonds. The lowest BCUT2D eigenvalue weighted by molar-refractivity contribution is -0.149. The van der Waals surface area contributed by atoms with Crippen LogP contribution in [0, 0.1) is 11.8 Å². The summed E-state index contributed by atoms with van der Waals surface area (Å²) in [6.07, 6.45) is 3.40. The van der Waals surface area contributed by atoms with Crippen LogP contribution in [0.25, 0.3) is 11.1 Å². The summed E-state index contributed by atoms with van der Waals surface area (Å²) in [5, 5.41) is 0.204. The van der Waals surface area contributed by atoms with E-state index in [4.69, 9.17) is 9.47 Å². The van der Waals surface area contributed by atoms with Crippen molar-refractivity contribution in [2.75, 3.05) is 18.9 Å². The molecule has 2 fully saturated rings. The molecule has 0 radical (unpaired) electrons. The van der Waals surface area contributed by atoms with Crippen molar-refractivity contribution in [2.24, 2.45) is 11.8 Å². The van der Waals surface area contributed by atoms with Gasteiger partial charge in [0.25, 0.3) is 0 Å². The lowest BCUT2D eigenvalue weighted by atomic mass is 9.85. The van der Waals surface area contributed by atoms with E-state index in [0.29, 0.717) is 5.75 Å². The minimum atomic E-state index is -0.420. The minimum Gasteiger partial charge on any atom is -0.464 e. The molecular formula is C26H23NO5S. The third-order valence-corrected chi connectivity index (χ3v) is 8.23. The van der Waals surface area contributed by atoms with Crippen LogP contribution in [0.5, 0.6) is 0 Å². The Morgan fingerprint density at radius 2 is 1.48 bits per heavy atom.